The van der Waals surface area contributed by atoms with Gasteiger partial charge in [0, 0.05) is 6.54 Å². The second-order valence-electron chi connectivity index (χ2n) is 2.86. The number of nitrogens with zero attached hydrogens (tertiary/aromatic N) is 1. The molecule has 0 unspecified atom stereocenters. The van der Waals surface area contributed by atoms with Crippen molar-refractivity contribution in [3.8, 4) is 0 Å². The molecule has 61 valence electrons. The average molecular weight is 150 g/mol. The Balaban J connectivity index is 2.10. The lowest BCUT2D eigenvalue weighted by atomic mass is 10.4. The Kier molecular flexibility index (Phi) is 3.99. The van der Waals surface area contributed by atoms with Crippen molar-refractivity contribution in [3.05, 3.63) is 31.2 Å². The van der Waals surface area contributed by atoms with Gasteiger partial charge in [0.1, 0.15) is 0 Å². The lowest BCUT2D eigenvalue weighted by Gasteiger charge is -2.09. The van der Waals surface area contributed by atoms with Crippen molar-refractivity contribution in [2.45, 2.75) is 12.8 Å². The lowest BCUT2D eigenvalue weighted by molar-refractivity contribution is 0.377. The maximum absolute atomic E-state index is 3.61. The van der Waals surface area contributed by atoms with Gasteiger partial charge in [0.2, 0.25) is 0 Å². The fraction of sp³-hybridized carbons (Fsp3) is 0.500. The summed E-state index contributed by atoms with van der Waals surface area (Å²) in [6.45, 7) is 7.26. The van der Waals surface area contributed by atoms with Gasteiger partial charge in [-0.2, -0.15) is 0 Å². The van der Waals surface area contributed by atoms with Crippen molar-refractivity contribution in [1.29, 1.82) is 0 Å². The van der Waals surface area contributed by atoms with Crippen LogP contribution >= 0.6 is 0 Å². The number of rotatable bonds is 3. The van der Waals surface area contributed by atoms with Crippen LogP contribution in [0.5, 0.6) is 0 Å². The van der Waals surface area contributed by atoms with Gasteiger partial charge in [0.05, 0.1) is 0 Å². The van der Waals surface area contributed by atoms with Gasteiger partial charge >= 0.3 is 0 Å². The molecule has 0 atom stereocenters. The fourth-order valence-corrected chi connectivity index (χ4v) is 1.33. The number of likely N-dealkylation sites (tertiary alicyclic amines) is 1. The third-order valence-electron chi connectivity index (χ3n) is 1.95. The van der Waals surface area contributed by atoms with Crippen LogP contribution in [0.4, 0.5) is 0 Å². The highest BCUT2D eigenvalue weighted by molar-refractivity contribution is 5.04. The summed E-state index contributed by atoms with van der Waals surface area (Å²) in [5, 5.41) is 0. The smallest absolute Gasteiger partial charge is 0.0166 e. The highest BCUT2D eigenvalue weighted by atomic mass is 15.1. The maximum atomic E-state index is 3.61. The topological polar surface area (TPSA) is 3.24 Å². The Labute approximate surface area is 69.4 Å². The molecule has 1 aliphatic rings. The minimum absolute atomic E-state index is 1.10. The highest BCUT2D eigenvalue weighted by Crippen LogP contribution is 2.06. The van der Waals surface area contributed by atoms with Crippen LogP contribution in [-0.2, 0) is 0 Å². The third kappa shape index (κ3) is 3.38. The Hall–Kier alpha value is -0.560. The van der Waals surface area contributed by atoms with Gasteiger partial charge in [0.15, 0.2) is 0 Å². The number of hydrogen-bond acceptors (Lipinski definition) is 1. The molecule has 1 fully saturated rings. The molecule has 0 saturated carbocycles. The minimum Gasteiger partial charge on any atom is -0.300 e. The zero-order chi connectivity index (χ0) is 7.94. The van der Waals surface area contributed by atoms with E-state index >= 15 is 0 Å². The van der Waals surface area contributed by atoms with Crippen LogP contribution in [0.15, 0.2) is 24.3 Å². The molecular formula is C10H16N. The van der Waals surface area contributed by atoms with E-state index in [2.05, 4.69) is 24.0 Å². The van der Waals surface area contributed by atoms with E-state index in [1.165, 1.54) is 25.9 Å². The predicted molar refractivity (Wildman–Crippen MR) is 49.3 cm³/mol. The van der Waals surface area contributed by atoms with E-state index in [9.17, 15) is 0 Å². The van der Waals surface area contributed by atoms with E-state index in [1.54, 1.807) is 6.08 Å². The maximum Gasteiger partial charge on any atom is 0.0166 e. The first-order valence-corrected chi connectivity index (χ1v) is 4.27. The molecule has 0 aromatic heterocycles. The molecule has 1 heteroatoms. The average Bonchev–Trinajstić information content (AvgIpc) is 2.50. The van der Waals surface area contributed by atoms with Crippen LogP contribution < -0.4 is 0 Å². The second kappa shape index (κ2) is 5.14. The fourth-order valence-electron chi connectivity index (χ4n) is 1.33. The van der Waals surface area contributed by atoms with Crippen LogP contribution in [0.25, 0.3) is 0 Å². The minimum atomic E-state index is 1.10. The highest BCUT2D eigenvalue weighted by Gasteiger charge is 2.08. The molecule has 1 nitrogen and oxygen atoms in total. The van der Waals surface area contributed by atoms with Gasteiger partial charge in [-0.1, -0.05) is 24.3 Å². The predicted octanol–water partition coefficient (Wildman–Crippen LogP) is 2.03. The molecule has 1 saturated heterocycles. The van der Waals surface area contributed by atoms with Crippen molar-refractivity contribution in [3.63, 3.8) is 0 Å². The summed E-state index contributed by atoms with van der Waals surface area (Å²) in [6.07, 6.45) is 10.8. The summed E-state index contributed by atoms with van der Waals surface area (Å²) in [7, 11) is 0. The van der Waals surface area contributed by atoms with Crippen LogP contribution in [0.1, 0.15) is 12.8 Å². The second-order valence-corrected chi connectivity index (χ2v) is 2.86. The van der Waals surface area contributed by atoms with Crippen LogP contribution in [0, 0.1) is 6.92 Å². The summed E-state index contributed by atoms with van der Waals surface area (Å²) in [5.41, 5.74) is 0. The standard InChI is InChI=1S/C10H16N/c1-2-3-4-5-8-11-9-6-7-10-11/h2-5H,1,6-10H2. The molecule has 1 radical (unpaired) electrons. The van der Waals surface area contributed by atoms with Crippen LogP contribution in [0.2, 0.25) is 0 Å². The number of allylic oxidation sites excluding steroid dienone is 3. The van der Waals surface area contributed by atoms with E-state index < -0.39 is 0 Å². The molecule has 0 aromatic carbocycles. The molecule has 0 N–H and O–H groups in total. The normalized spacial score (nSPS) is 20.8. The zero-order valence-corrected chi connectivity index (χ0v) is 7.00. The Morgan fingerprint density at radius 1 is 1.18 bits per heavy atom. The summed E-state index contributed by atoms with van der Waals surface area (Å²) < 4.78 is 0. The summed E-state index contributed by atoms with van der Waals surface area (Å²) in [6, 6.07) is 0. The van der Waals surface area contributed by atoms with Crippen LogP contribution in [0.3, 0.4) is 0 Å². The first kappa shape index (κ1) is 8.54. The number of hydrogen-bond donors (Lipinski definition) is 0. The first-order chi connectivity index (χ1) is 5.43. The summed E-state index contributed by atoms with van der Waals surface area (Å²) in [4.78, 5) is 2.47. The van der Waals surface area contributed by atoms with Crippen LogP contribution in [-0.4, -0.2) is 24.5 Å². The molecule has 0 aromatic rings. The lowest BCUT2D eigenvalue weighted by Crippen LogP contribution is -2.18. The zero-order valence-electron chi connectivity index (χ0n) is 7.00. The molecule has 1 aliphatic heterocycles. The summed E-state index contributed by atoms with van der Waals surface area (Å²) >= 11 is 0. The van der Waals surface area contributed by atoms with Gasteiger partial charge in [-0.3, -0.25) is 4.90 Å². The van der Waals surface area contributed by atoms with Crippen molar-refractivity contribution in [2.24, 2.45) is 0 Å². The molecule has 11 heavy (non-hydrogen) atoms. The molecule has 1 heterocycles. The Bertz CT molecular complexity index is 141. The first-order valence-electron chi connectivity index (χ1n) is 4.27. The van der Waals surface area contributed by atoms with Crippen molar-refractivity contribution in [2.75, 3.05) is 19.6 Å². The summed E-state index contributed by atoms with van der Waals surface area (Å²) in [5.74, 6) is 0. The monoisotopic (exact) mass is 150 g/mol. The van der Waals surface area contributed by atoms with E-state index in [0.717, 1.165) is 6.54 Å². The largest absolute Gasteiger partial charge is 0.300 e. The van der Waals surface area contributed by atoms with Gasteiger partial charge in [-0.15, -0.1) is 0 Å². The third-order valence-corrected chi connectivity index (χ3v) is 1.95. The quantitative estimate of drug-likeness (QED) is 0.556. The van der Waals surface area contributed by atoms with Gasteiger partial charge < -0.3 is 0 Å². The molecular weight excluding hydrogens is 134 g/mol. The van der Waals surface area contributed by atoms with Crippen molar-refractivity contribution >= 4 is 0 Å². The van der Waals surface area contributed by atoms with Gasteiger partial charge in [-0.25, -0.2) is 0 Å². The Morgan fingerprint density at radius 3 is 2.55 bits per heavy atom. The Morgan fingerprint density at radius 2 is 1.91 bits per heavy atom. The van der Waals surface area contributed by atoms with Crippen molar-refractivity contribution < 1.29 is 0 Å². The molecule has 0 aliphatic carbocycles. The van der Waals surface area contributed by atoms with E-state index in [-0.39, 0.29) is 0 Å². The van der Waals surface area contributed by atoms with E-state index in [0.29, 0.717) is 0 Å². The van der Waals surface area contributed by atoms with Crippen molar-refractivity contribution in [1.82, 2.24) is 4.90 Å². The van der Waals surface area contributed by atoms with E-state index in [4.69, 9.17) is 0 Å². The van der Waals surface area contributed by atoms with Gasteiger partial charge in [-0.05, 0) is 32.9 Å². The SMILES string of the molecule is [CH2]C=CC=CCN1CCCC1. The molecule has 0 spiro atoms. The molecule has 0 bridgehead atoms. The van der Waals surface area contributed by atoms with E-state index in [1.807, 2.05) is 6.08 Å². The molecule has 1 rings (SSSR count). The molecule has 0 amide bonds. The van der Waals surface area contributed by atoms with Gasteiger partial charge in [0.25, 0.3) is 0 Å².